The smallest absolute Gasteiger partial charge is 0.188 e. The number of sulfone groups is 1. The van der Waals surface area contributed by atoms with Crippen LogP contribution in [0.5, 0.6) is 0 Å². The van der Waals surface area contributed by atoms with Crippen LogP contribution in [0.2, 0.25) is 0 Å². The highest BCUT2D eigenvalue weighted by Crippen LogP contribution is 2.34. The number of Topliss-reactive ketones (excluding diaryl/α,β-unsaturated/α-hetero) is 1. The molecule has 3 aromatic rings. The fourth-order valence-electron chi connectivity index (χ4n) is 2.80. The number of carbonyl (C=O) groups is 1. The van der Waals surface area contributed by atoms with E-state index in [0.717, 1.165) is 5.56 Å². The molecule has 0 amide bonds. The van der Waals surface area contributed by atoms with Crippen molar-refractivity contribution in [3.8, 4) is 0 Å². The highest BCUT2D eigenvalue weighted by molar-refractivity contribution is 7.91. The Labute approximate surface area is 157 Å². The molecule has 0 aliphatic rings. The molecule has 140 valence electrons. The molecule has 4 nitrogen and oxygen atoms in total. The SMILES string of the molecule is Cc1ccc(S(=O)(=O)[C@H](CC(=O)c2ccc(F)cc2)c2ccc(C)o2)cc1. The lowest BCUT2D eigenvalue weighted by Gasteiger charge is -2.16. The largest absolute Gasteiger partial charge is 0.465 e. The molecule has 6 heteroatoms. The van der Waals surface area contributed by atoms with Gasteiger partial charge in [-0.25, -0.2) is 12.8 Å². The number of ketones is 1. The summed E-state index contributed by atoms with van der Waals surface area (Å²) in [5, 5.41) is -1.16. The lowest BCUT2D eigenvalue weighted by Crippen LogP contribution is -2.17. The molecular weight excluding hydrogens is 367 g/mol. The maximum absolute atomic E-state index is 13.2. The Morgan fingerprint density at radius 2 is 1.59 bits per heavy atom. The molecule has 1 aromatic heterocycles. The Bertz CT molecular complexity index is 1050. The van der Waals surface area contributed by atoms with Gasteiger partial charge in [-0.3, -0.25) is 4.79 Å². The van der Waals surface area contributed by atoms with Gasteiger partial charge in [-0.2, -0.15) is 0 Å². The fraction of sp³-hybridized carbons (Fsp3) is 0.190. The van der Waals surface area contributed by atoms with E-state index in [1.807, 2.05) is 6.92 Å². The Morgan fingerprint density at radius 3 is 2.15 bits per heavy atom. The average molecular weight is 386 g/mol. The van der Waals surface area contributed by atoms with Gasteiger partial charge in [0.1, 0.15) is 22.6 Å². The first-order valence-electron chi connectivity index (χ1n) is 8.43. The van der Waals surface area contributed by atoms with Crippen molar-refractivity contribution >= 4 is 15.6 Å². The predicted octanol–water partition coefficient (Wildman–Crippen LogP) is 4.82. The third-order valence-corrected chi connectivity index (χ3v) is 6.42. The first kappa shape index (κ1) is 19.0. The Balaban J connectivity index is 2.00. The summed E-state index contributed by atoms with van der Waals surface area (Å²) in [5.41, 5.74) is 1.19. The average Bonchev–Trinajstić information content (AvgIpc) is 3.06. The molecular formula is C21H19FO4S. The minimum atomic E-state index is -3.86. The molecule has 0 unspecified atom stereocenters. The third kappa shape index (κ3) is 4.17. The van der Waals surface area contributed by atoms with Gasteiger partial charge in [0, 0.05) is 12.0 Å². The summed E-state index contributed by atoms with van der Waals surface area (Å²) in [4.78, 5) is 12.8. The molecule has 0 fully saturated rings. The quantitative estimate of drug-likeness (QED) is 0.570. The summed E-state index contributed by atoms with van der Waals surface area (Å²) in [6.45, 7) is 3.57. The Hall–Kier alpha value is -2.73. The maximum atomic E-state index is 13.2. The number of rotatable bonds is 6. The minimum Gasteiger partial charge on any atom is -0.465 e. The lowest BCUT2D eigenvalue weighted by molar-refractivity contribution is 0.0978. The molecule has 0 aliphatic carbocycles. The normalized spacial score (nSPS) is 12.7. The van der Waals surface area contributed by atoms with Crippen molar-refractivity contribution in [1.29, 1.82) is 0 Å². The molecule has 1 heterocycles. The highest BCUT2D eigenvalue weighted by Gasteiger charge is 2.34. The van der Waals surface area contributed by atoms with Gasteiger partial charge in [-0.15, -0.1) is 0 Å². The summed E-state index contributed by atoms with van der Waals surface area (Å²) >= 11 is 0. The third-order valence-electron chi connectivity index (χ3n) is 4.34. The summed E-state index contributed by atoms with van der Waals surface area (Å²) in [6.07, 6.45) is -0.297. The molecule has 27 heavy (non-hydrogen) atoms. The molecule has 0 saturated heterocycles. The standard InChI is InChI=1S/C21H19FO4S/c1-14-3-10-18(11-4-14)27(24,25)21(20-12-5-15(2)26-20)13-19(23)16-6-8-17(22)9-7-16/h3-12,21H,13H2,1-2H3/t21-/m1/s1. The van der Waals surface area contributed by atoms with Crippen LogP contribution in [0.15, 0.2) is 70.0 Å². The molecule has 0 radical (unpaired) electrons. The van der Waals surface area contributed by atoms with Gasteiger partial charge in [0.2, 0.25) is 0 Å². The molecule has 3 rings (SSSR count). The van der Waals surface area contributed by atoms with Gasteiger partial charge in [-0.05, 0) is 62.4 Å². The maximum Gasteiger partial charge on any atom is 0.188 e. The van der Waals surface area contributed by atoms with Crippen molar-refractivity contribution in [3.05, 3.63) is 89.1 Å². The number of hydrogen-bond donors (Lipinski definition) is 0. The van der Waals surface area contributed by atoms with E-state index in [2.05, 4.69) is 0 Å². The van der Waals surface area contributed by atoms with Crippen LogP contribution in [0.4, 0.5) is 4.39 Å². The van der Waals surface area contributed by atoms with Crippen molar-refractivity contribution < 1.29 is 22.0 Å². The van der Waals surface area contributed by atoms with Crippen LogP contribution in [0.25, 0.3) is 0 Å². The second-order valence-electron chi connectivity index (χ2n) is 6.43. The monoisotopic (exact) mass is 386 g/mol. The van der Waals surface area contributed by atoms with Gasteiger partial charge in [-0.1, -0.05) is 17.7 Å². The summed E-state index contributed by atoms with van der Waals surface area (Å²) in [5.74, 6) is -0.0892. The predicted molar refractivity (Wildman–Crippen MR) is 99.9 cm³/mol. The van der Waals surface area contributed by atoms with Crippen molar-refractivity contribution in [1.82, 2.24) is 0 Å². The van der Waals surface area contributed by atoms with Crippen molar-refractivity contribution in [2.24, 2.45) is 0 Å². The zero-order valence-corrected chi connectivity index (χ0v) is 15.8. The van der Waals surface area contributed by atoms with Gasteiger partial charge >= 0.3 is 0 Å². The molecule has 1 atom stereocenters. The fourth-order valence-corrected chi connectivity index (χ4v) is 4.45. The molecule has 2 aromatic carbocycles. The minimum absolute atomic E-state index is 0.124. The second kappa shape index (κ2) is 7.48. The molecule has 0 N–H and O–H groups in total. The topological polar surface area (TPSA) is 64.3 Å². The number of carbonyl (C=O) groups excluding carboxylic acids is 1. The van der Waals surface area contributed by atoms with Crippen molar-refractivity contribution in [2.45, 2.75) is 30.4 Å². The number of hydrogen-bond acceptors (Lipinski definition) is 4. The van der Waals surface area contributed by atoms with Crippen LogP contribution in [-0.2, 0) is 9.84 Å². The van der Waals surface area contributed by atoms with E-state index in [-0.39, 0.29) is 22.6 Å². The molecule has 0 spiro atoms. The van der Waals surface area contributed by atoms with E-state index in [4.69, 9.17) is 4.42 Å². The van der Waals surface area contributed by atoms with Crippen LogP contribution in [0, 0.1) is 19.7 Å². The van der Waals surface area contributed by atoms with E-state index in [0.29, 0.717) is 5.76 Å². The summed E-state index contributed by atoms with van der Waals surface area (Å²) in [7, 11) is -3.86. The van der Waals surface area contributed by atoms with Crippen LogP contribution in [0.3, 0.4) is 0 Å². The van der Waals surface area contributed by atoms with E-state index < -0.39 is 26.7 Å². The zero-order valence-electron chi connectivity index (χ0n) is 15.0. The van der Waals surface area contributed by atoms with Crippen molar-refractivity contribution in [2.75, 3.05) is 0 Å². The van der Waals surface area contributed by atoms with Gasteiger partial charge in [0.05, 0.1) is 4.90 Å². The number of furan rings is 1. The zero-order chi connectivity index (χ0) is 19.6. The van der Waals surface area contributed by atoms with E-state index >= 15 is 0 Å². The lowest BCUT2D eigenvalue weighted by atomic mass is 10.1. The molecule has 0 bridgehead atoms. The number of benzene rings is 2. The van der Waals surface area contributed by atoms with Crippen molar-refractivity contribution in [3.63, 3.8) is 0 Å². The van der Waals surface area contributed by atoms with Gasteiger partial charge in [0.25, 0.3) is 0 Å². The van der Waals surface area contributed by atoms with E-state index in [9.17, 15) is 17.6 Å². The van der Waals surface area contributed by atoms with Crippen LogP contribution in [-0.4, -0.2) is 14.2 Å². The van der Waals surface area contributed by atoms with Crippen LogP contribution in [0.1, 0.15) is 39.1 Å². The first-order valence-corrected chi connectivity index (χ1v) is 9.97. The van der Waals surface area contributed by atoms with Gasteiger partial charge in [0.15, 0.2) is 15.6 Å². The molecule has 0 aliphatic heterocycles. The van der Waals surface area contributed by atoms with Gasteiger partial charge < -0.3 is 4.42 Å². The number of aryl methyl sites for hydroxylation is 2. The first-order chi connectivity index (χ1) is 12.8. The van der Waals surface area contributed by atoms with Crippen LogP contribution < -0.4 is 0 Å². The second-order valence-corrected chi connectivity index (χ2v) is 8.56. The highest BCUT2D eigenvalue weighted by atomic mass is 32.2. The Kier molecular flexibility index (Phi) is 5.28. The number of halogens is 1. The Morgan fingerprint density at radius 1 is 0.963 bits per heavy atom. The van der Waals surface area contributed by atoms with E-state index in [1.54, 1.807) is 31.2 Å². The summed E-state index contributed by atoms with van der Waals surface area (Å²) < 4.78 is 45.0. The summed E-state index contributed by atoms with van der Waals surface area (Å²) in [6, 6.07) is 14.7. The molecule has 0 saturated carbocycles. The van der Waals surface area contributed by atoms with E-state index in [1.165, 1.54) is 36.4 Å². The van der Waals surface area contributed by atoms with Crippen LogP contribution >= 0.6 is 0 Å².